The number of amides is 1. The fourth-order valence-electron chi connectivity index (χ4n) is 2.67. The van der Waals surface area contributed by atoms with Gasteiger partial charge >= 0.3 is 6.18 Å². The van der Waals surface area contributed by atoms with E-state index in [2.05, 4.69) is 10.6 Å². The second-order valence-corrected chi connectivity index (χ2v) is 5.20. The van der Waals surface area contributed by atoms with Crippen LogP contribution in [0.1, 0.15) is 45.4 Å². The zero-order valence-electron chi connectivity index (χ0n) is 11.4. The van der Waals surface area contributed by atoms with Crippen LogP contribution in [0.3, 0.4) is 0 Å². The van der Waals surface area contributed by atoms with Gasteiger partial charge < -0.3 is 10.6 Å². The van der Waals surface area contributed by atoms with E-state index >= 15 is 0 Å². The smallest absolute Gasteiger partial charge is 0.352 e. The van der Waals surface area contributed by atoms with E-state index in [0.717, 1.165) is 19.3 Å². The van der Waals surface area contributed by atoms with Gasteiger partial charge in [0.25, 0.3) is 0 Å². The molecule has 0 bridgehead atoms. The van der Waals surface area contributed by atoms with Crippen LogP contribution >= 0.6 is 0 Å². The zero-order chi connectivity index (χ0) is 14.3. The van der Waals surface area contributed by atoms with Crippen molar-refractivity contribution in [3.8, 4) is 0 Å². The van der Waals surface area contributed by atoms with Crippen molar-refractivity contribution in [1.82, 2.24) is 10.6 Å². The lowest BCUT2D eigenvalue weighted by Gasteiger charge is -2.30. The molecule has 1 aliphatic carbocycles. The minimum atomic E-state index is -4.27. The van der Waals surface area contributed by atoms with Crippen molar-refractivity contribution in [3.05, 3.63) is 0 Å². The average molecular weight is 280 g/mol. The molecule has 1 amide bonds. The van der Waals surface area contributed by atoms with Crippen LogP contribution in [-0.2, 0) is 4.79 Å². The van der Waals surface area contributed by atoms with Gasteiger partial charge in [-0.3, -0.25) is 4.79 Å². The second-order valence-electron chi connectivity index (χ2n) is 5.20. The summed E-state index contributed by atoms with van der Waals surface area (Å²) in [5, 5.41) is 4.97. The fraction of sp³-hybridized carbons (Fsp3) is 0.923. The van der Waals surface area contributed by atoms with Crippen LogP contribution in [-0.4, -0.2) is 31.2 Å². The molecule has 0 saturated heterocycles. The van der Waals surface area contributed by atoms with E-state index in [1.165, 1.54) is 19.3 Å². The zero-order valence-corrected chi connectivity index (χ0v) is 11.4. The maximum absolute atomic E-state index is 11.9. The lowest BCUT2D eigenvalue weighted by Crippen LogP contribution is -2.45. The summed E-state index contributed by atoms with van der Waals surface area (Å²) in [6.07, 6.45) is 2.38. The highest BCUT2D eigenvalue weighted by Gasteiger charge is 2.27. The van der Waals surface area contributed by atoms with Gasteiger partial charge in [-0.15, -0.1) is 0 Å². The van der Waals surface area contributed by atoms with Crippen LogP contribution in [0.5, 0.6) is 0 Å². The molecule has 112 valence electrons. The third-order valence-corrected chi connectivity index (χ3v) is 3.62. The molecule has 1 fully saturated rings. The van der Waals surface area contributed by atoms with Crippen LogP contribution in [0, 0.1) is 5.92 Å². The summed E-state index contributed by atoms with van der Waals surface area (Å²) in [5.41, 5.74) is 0. The van der Waals surface area contributed by atoms with Crippen LogP contribution in [0.2, 0.25) is 0 Å². The molecule has 1 aliphatic rings. The molecular weight excluding hydrogens is 257 g/mol. The molecule has 19 heavy (non-hydrogen) atoms. The molecule has 3 nitrogen and oxygen atoms in total. The van der Waals surface area contributed by atoms with Crippen LogP contribution in [0.15, 0.2) is 0 Å². The van der Waals surface area contributed by atoms with E-state index in [0.29, 0.717) is 5.92 Å². The minimum absolute atomic E-state index is 0.0977. The van der Waals surface area contributed by atoms with E-state index in [-0.39, 0.29) is 18.5 Å². The van der Waals surface area contributed by atoms with Gasteiger partial charge in [0.2, 0.25) is 5.91 Å². The third kappa shape index (κ3) is 6.80. The van der Waals surface area contributed by atoms with Crippen molar-refractivity contribution >= 4 is 5.91 Å². The summed E-state index contributed by atoms with van der Waals surface area (Å²) in [6, 6.07) is 0.0977. The number of hydrogen-bond acceptors (Lipinski definition) is 2. The first-order valence-electron chi connectivity index (χ1n) is 6.99. The van der Waals surface area contributed by atoms with E-state index in [1.54, 1.807) is 0 Å². The monoisotopic (exact) mass is 280 g/mol. The van der Waals surface area contributed by atoms with Gasteiger partial charge in [0.1, 0.15) is 0 Å². The molecule has 1 saturated carbocycles. The Balaban J connectivity index is 2.28. The molecule has 0 aromatic heterocycles. The average Bonchev–Trinajstić information content (AvgIpc) is 2.35. The summed E-state index contributed by atoms with van der Waals surface area (Å²) in [7, 11) is 0. The third-order valence-electron chi connectivity index (χ3n) is 3.62. The molecule has 0 heterocycles. The standard InChI is InChI=1S/C13H23F3N2O/c1-2-11(10-6-4-3-5-7-10)18-12(19)8-17-9-13(14,15)16/h10-11,17H,2-9H2,1H3,(H,18,19). The maximum atomic E-state index is 11.9. The van der Waals surface area contributed by atoms with Crippen molar-refractivity contribution in [2.45, 2.75) is 57.7 Å². The van der Waals surface area contributed by atoms with E-state index in [1.807, 2.05) is 6.92 Å². The first kappa shape index (κ1) is 16.3. The predicted molar refractivity (Wildman–Crippen MR) is 67.7 cm³/mol. The van der Waals surface area contributed by atoms with Gasteiger partial charge in [-0.2, -0.15) is 13.2 Å². The van der Waals surface area contributed by atoms with Crippen molar-refractivity contribution in [2.24, 2.45) is 5.92 Å². The summed E-state index contributed by atoms with van der Waals surface area (Å²) in [4.78, 5) is 11.6. The van der Waals surface area contributed by atoms with Gasteiger partial charge in [0.05, 0.1) is 13.1 Å². The van der Waals surface area contributed by atoms with E-state index in [4.69, 9.17) is 0 Å². The van der Waals surface area contributed by atoms with Crippen molar-refractivity contribution in [1.29, 1.82) is 0 Å². The molecule has 0 aliphatic heterocycles. The van der Waals surface area contributed by atoms with Crippen molar-refractivity contribution < 1.29 is 18.0 Å². The van der Waals surface area contributed by atoms with E-state index < -0.39 is 12.7 Å². The summed E-state index contributed by atoms with van der Waals surface area (Å²) in [6.45, 7) is 0.603. The number of alkyl halides is 3. The molecular formula is C13H23F3N2O. The van der Waals surface area contributed by atoms with Crippen LogP contribution in [0.25, 0.3) is 0 Å². The summed E-state index contributed by atoms with van der Waals surface area (Å²) in [5.74, 6) is 0.131. The SMILES string of the molecule is CCC(NC(=O)CNCC(F)(F)F)C1CCCCC1. The summed E-state index contributed by atoms with van der Waals surface area (Å²) >= 11 is 0. The molecule has 0 spiro atoms. The highest BCUT2D eigenvalue weighted by molar-refractivity contribution is 5.78. The lowest BCUT2D eigenvalue weighted by atomic mass is 9.83. The number of nitrogens with one attached hydrogen (secondary N) is 2. The maximum Gasteiger partial charge on any atom is 0.401 e. The second kappa shape index (κ2) is 7.72. The number of carbonyl (C=O) groups is 1. The lowest BCUT2D eigenvalue weighted by molar-refractivity contribution is -0.128. The topological polar surface area (TPSA) is 41.1 Å². The minimum Gasteiger partial charge on any atom is -0.352 e. The van der Waals surface area contributed by atoms with Gasteiger partial charge in [-0.05, 0) is 25.2 Å². The van der Waals surface area contributed by atoms with Gasteiger partial charge in [-0.1, -0.05) is 26.2 Å². The summed E-state index contributed by atoms with van der Waals surface area (Å²) < 4.78 is 35.8. The van der Waals surface area contributed by atoms with Gasteiger partial charge in [0, 0.05) is 6.04 Å². The normalized spacial score (nSPS) is 19.2. The molecule has 1 atom stereocenters. The molecule has 0 radical (unpaired) electrons. The first-order valence-corrected chi connectivity index (χ1v) is 6.99. The Kier molecular flexibility index (Phi) is 6.62. The fourth-order valence-corrected chi connectivity index (χ4v) is 2.67. The van der Waals surface area contributed by atoms with Crippen LogP contribution < -0.4 is 10.6 Å². The Morgan fingerprint density at radius 2 is 1.89 bits per heavy atom. The Labute approximate surface area is 112 Å². The first-order chi connectivity index (χ1) is 8.92. The quantitative estimate of drug-likeness (QED) is 0.785. The highest BCUT2D eigenvalue weighted by Crippen LogP contribution is 2.27. The molecule has 1 rings (SSSR count). The molecule has 0 aromatic rings. The molecule has 1 unspecified atom stereocenters. The number of carbonyl (C=O) groups excluding carboxylic acids is 1. The van der Waals surface area contributed by atoms with Crippen LogP contribution in [0.4, 0.5) is 13.2 Å². The Morgan fingerprint density at radius 3 is 2.42 bits per heavy atom. The predicted octanol–water partition coefficient (Wildman–Crippen LogP) is 2.61. The molecule has 0 aromatic carbocycles. The number of halogens is 3. The van der Waals surface area contributed by atoms with Gasteiger partial charge in [0.15, 0.2) is 0 Å². The molecule has 6 heteroatoms. The number of rotatable bonds is 6. The van der Waals surface area contributed by atoms with Crippen molar-refractivity contribution in [2.75, 3.05) is 13.1 Å². The Morgan fingerprint density at radius 1 is 1.26 bits per heavy atom. The van der Waals surface area contributed by atoms with Crippen molar-refractivity contribution in [3.63, 3.8) is 0 Å². The van der Waals surface area contributed by atoms with Gasteiger partial charge in [-0.25, -0.2) is 0 Å². The highest BCUT2D eigenvalue weighted by atomic mass is 19.4. The Hall–Kier alpha value is -0.780. The Bertz CT molecular complexity index is 276. The largest absolute Gasteiger partial charge is 0.401 e. The molecule has 2 N–H and O–H groups in total. The van der Waals surface area contributed by atoms with E-state index in [9.17, 15) is 18.0 Å². The number of hydrogen-bond donors (Lipinski definition) is 2.